The lowest BCUT2D eigenvalue weighted by Gasteiger charge is -2.07. The van der Waals surface area contributed by atoms with Gasteiger partial charge in [-0.25, -0.2) is 0 Å². The molecule has 0 saturated carbocycles. The first kappa shape index (κ1) is 17.7. The molecule has 0 atom stereocenters. The van der Waals surface area contributed by atoms with E-state index in [1.807, 2.05) is 0 Å². The minimum absolute atomic E-state index is 0. The minimum Gasteiger partial charge on any atom is -0.491 e. The van der Waals surface area contributed by atoms with Crippen LogP contribution < -0.4 is 15.8 Å². The van der Waals surface area contributed by atoms with Crippen LogP contribution in [0.5, 0.6) is 5.75 Å². The molecule has 0 fully saturated rings. The second-order valence-corrected chi connectivity index (χ2v) is 3.76. The van der Waals surface area contributed by atoms with Gasteiger partial charge in [-0.2, -0.15) is 0 Å². The number of nitrogens with two attached hydrogens (primary N) is 1. The maximum Gasteiger partial charge on any atom is 0.251 e. The second-order valence-electron chi connectivity index (χ2n) is 3.76. The van der Waals surface area contributed by atoms with Gasteiger partial charge in [-0.05, 0) is 37.2 Å². The van der Waals surface area contributed by atoms with Gasteiger partial charge in [-0.1, -0.05) is 0 Å². The highest BCUT2D eigenvalue weighted by molar-refractivity contribution is 5.94. The third kappa shape index (κ3) is 7.00. The summed E-state index contributed by atoms with van der Waals surface area (Å²) in [5, 5.41) is 2.79. The molecule has 0 aliphatic rings. The molecule has 0 heterocycles. The average Bonchev–Trinajstić information content (AvgIpc) is 2.40. The van der Waals surface area contributed by atoms with Gasteiger partial charge in [0.2, 0.25) is 0 Å². The van der Waals surface area contributed by atoms with Gasteiger partial charge in [0.05, 0.1) is 6.61 Å². The summed E-state index contributed by atoms with van der Waals surface area (Å²) >= 11 is 0. The SMILES string of the molecule is COCCOc1ccc(C(=O)NCCCN)cc1.Cl. The molecule has 0 unspecified atom stereocenters. The summed E-state index contributed by atoms with van der Waals surface area (Å²) in [6.45, 7) is 2.22. The van der Waals surface area contributed by atoms with Crippen molar-refractivity contribution in [1.82, 2.24) is 5.32 Å². The molecule has 19 heavy (non-hydrogen) atoms. The molecular weight excluding hydrogens is 268 g/mol. The number of rotatable bonds is 8. The van der Waals surface area contributed by atoms with Gasteiger partial charge in [-0.15, -0.1) is 12.4 Å². The lowest BCUT2D eigenvalue weighted by atomic mass is 10.2. The lowest BCUT2D eigenvalue weighted by molar-refractivity contribution is 0.0953. The Morgan fingerprint density at radius 3 is 2.53 bits per heavy atom. The first-order valence-corrected chi connectivity index (χ1v) is 5.98. The van der Waals surface area contributed by atoms with Crippen LogP contribution in [0.25, 0.3) is 0 Å². The second kappa shape index (κ2) is 10.6. The van der Waals surface area contributed by atoms with Crippen LogP contribution in [-0.2, 0) is 4.74 Å². The molecule has 5 nitrogen and oxygen atoms in total. The number of amides is 1. The number of halogens is 1. The van der Waals surface area contributed by atoms with Crippen molar-refractivity contribution < 1.29 is 14.3 Å². The Kier molecular flexibility index (Phi) is 9.88. The Bertz CT molecular complexity index is 357. The number of hydrogen-bond acceptors (Lipinski definition) is 4. The normalized spacial score (nSPS) is 9.58. The van der Waals surface area contributed by atoms with E-state index in [9.17, 15) is 4.79 Å². The fourth-order valence-corrected chi connectivity index (χ4v) is 1.35. The summed E-state index contributed by atoms with van der Waals surface area (Å²) < 4.78 is 10.3. The van der Waals surface area contributed by atoms with Crippen molar-refractivity contribution in [1.29, 1.82) is 0 Å². The predicted octanol–water partition coefficient (Wildman–Crippen LogP) is 1.21. The van der Waals surface area contributed by atoms with E-state index in [1.54, 1.807) is 31.4 Å². The maximum atomic E-state index is 11.7. The molecular formula is C13H21ClN2O3. The molecule has 1 amide bonds. The van der Waals surface area contributed by atoms with E-state index in [-0.39, 0.29) is 18.3 Å². The summed E-state index contributed by atoms with van der Waals surface area (Å²) in [5.41, 5.74) is 5.97. The number of ether oxygens (including phenoxy) is 2. The topological polar surface area (TPSA) is 73.6 Å². The Balaban J connectivity index is 0.00000324. The summed E-state index contributed by atoms with van der Waals surface area (Å²) in [6, 6.07) is 7.01. The number of carbonyl (C=O) groups excluding carboxylic acids is 1. The van der Waals surface area contributed by atoms with Crippen LogP contribution in [0.1, 0.15) is 16.8 Å². The highest BCUT2D eigenvalue weighted by Gasteiger charge is 2.04. The first-order valence-electron chi connectivity index (χ1n) is 5.98. The standard InChI is InChI=1S/C13H20N2O3.ClH/c1-17-9-10-18-12-5-3-11(4-6-12)13(16)15-8-2-7-14;/h3-6H,2,7-10,14H2,1H3,(H,15,16);1H. The summed E-state index contributed by atoms with van der Waals surface area (Å²) in [5.74, 6) is 0.637. The molecule has 0 aromatic heterocycles. The van der Waals surface area contributed by atoms with Crippen molar-refractivity contribution in [3.05, 3.63) is 29.8 Å². The number of hydrogen-bond donors (Lipinski definition) is 2. The van der Waals surface area contributed by atoms with Gasteiger partial charge in [0.1, 0.15) is 12.4 Å². The predicted molar refractivity (Wildman–Crippen MR) is 77.1 cm³/mol. The molecule has 1 rings (SSSR count). The van der Waals surface area contributed by atoms with Crippen LogP contribution in [0.4, 0.5) is 0 Å². The Morgan fingerprint density at radius 2 is 1.95 bits per heavy atom. The average molecular weight is 289 g/mol. The van der Waals surface area contributed by atoms with Crippen molar-refractivity contribution in [2.45, 2.75) is 6.42 Å². The van der Waals surface area contributed by atoms with E-state index in [4.69, 9.17) is 15.2 Å². The van der Waals surface area contributed by atoms with Crippen LogP contribution in [0, 0.1) is 0 Å². The fraction of sp³-hybridized carbons (Fsp3) is 0.462. The zero-order chi connectivity index (χ0) is 13.2. The van der Waals surface area contributed by atoms with E-state index in [2.05, 4.69) is 5.32 Å². The quantitative estimate of drug-likeness (QED) is 0.705. The molecule has 0 spiro atoms. The molecule has 0 radical (unpaired) electrons. The van der Waals surface area contributed by atoms with E-state index in [1.165, 1.54) is 0 Å². The van der Waals surface area contributed by atoms with Crippen LogP contribution in [0.15, 0.2) is 24.3 Å². The highest BCUT2D eigenvalue weighted by atomic mass is 35.5. The van der Waals surface area contributed by atoms with Gasteiger partial charge < -0.3 is 20.5 Å². The number of methoxy groups -OCH3 is 1. The molecule has 1 aromatic carbocycles. The van der Waals surface area contributed by atoms with E-state index in [0.717, 1.165) is 12.2 Å². The number of nitrogens with one attached hydrogen (secondary N) is 1. The van der Waals surface area contributed by atoms with Gasteiger partial charge in [0.25, 0.3) is 5.91 Å². The Hall–Kier alpha value is -1.30. The number of benzene rings is 1. The van der Waals surface area contributed by atoms with Crippen molar-refractivity contribution in [2.24, 2.45) is 5.73 Å². The molecule has 3 N–H and O–H groups in total. The van der Waals surface area contributed by atoms with E-state index < -0.39 is 0 Å². The lowest BCUT2D eigenvalue weighted by Crippen LogP contribution is -2.25. The fourth-order valence-electron chi connectivity index (χ4n) is 1.35. The van der Waals surface area contributed by atoms with Crippen LogP contribution in [-0.4, -0.2) is 39.3 Å². The molecule has 6 heteroatoms. The van der Waals surface area contributed by atoms with Crippen LogP contribution in [0.3, 0.4) is 0 Å². The first-order chi connectivity index (χ1) is 8.77. The monoisotopic (exact) mass is 288 g/mol. The largest absolute Gasteiger partial charge is 0.491 e. The maximum absolute atomic E-state index is 11.7. The van der Waals surface area contributed by atoms with Crippen molar-refractivity contribution >= 4 is 18.3 Å². The van der Waals surface area contributed by atoms with Gasteiger partial charge >= 0.3 is 0 Å². The molecule has 0 aliphatic heterocycles. The molecule has 108 valence electrons. The zero-order valence-corrected chi connectivity index (χ0v) is 11.9. The molecule has 0 bridgehead atoms. The smallest absolute Gasteiger partial charge is 0.251 e. The van der Waals surface area contributed by atoms with Gasteiger partial charge in [0, 0.05) is 19.2 Å². The highest BCUT2D eigenvalue weighted by Crippen LogP contribution is 2.11. The van der Waals surface area contributed by atoms with Gasteiger partial charge in [0.15, 0.2) is 0 Å². The molecule has 0 aliphatic carbocycles. The molecule has 0 saturated heterocycles. The van der Waals surface area contributed by atoms with Crippen LogP contribution in [0.2, 0.25) is 0 Å². The van der Waals surface area contributed by atoms with Crippen molar-refractivity contribution in [3.63, 3.8) is 0 Å². The van der Waals surface area contributed by atoms with Crippen molar-refractivity contribution in [3.8, 4) is 5.75 Å². The molecule has 1 aromatic rings. The van der Waals surface area contributed by atoms with Crippen molar-refractivity contribution in [2.75, 3.05) is 33.4 Å². The third-order valence-electron chi connectivity index (χ3n) is 2.34. The Morgan fingerprint density at radius 1 is 1.26 bits per heavy atom. The van der Waals surface area contributed by atoms with Crippen LogP contribution >= 0.6 is 12.4 Å². The Labute approximate surface area is 119 Å². The minimum atomic E-state index is -0.0908. The summed E-state index contributed by atoms with van der Waals surface area (Å²) in [4.78, 5) is 11.7. The summed E-state index contributed by atoms with van der Waals surface area (Å²) in [6.07, 6.45) is 0.782. The van der Waals surface area contributed by atoms with Gasteiger partial charge in [-0.3, -0.25) is 4.79 Å². The number of carbonyl (C=O) groups is 1. The van der Waals surface area contributed by atoms with E-state index in [0.29, 0.717) is 31.9 Å². The summed E-state index contributed by atoms with van der Waals surface area (Å²) in [7, 11) is 1.62. The zero-order valence-electron chi connectivity index (χ0n) is 11.1. The third-order valence-corrected chi connectivity index (χ3v) is 2.34. The van der Waals surface area contributed by atoms with E-state index >= 15 is 0 Å².